The zero-order valence-electron chi connectivity index (χ0n) is 17.7. The summed E-state index contributed by atoms with van der Waals surface area (Å²) in [6.45, 7) is 3.53. The third kappa shape index (κ3) is 3.58. The second-order valence-electron chi connectivity index (χ2n) is 7.27. The van der Waals surface area contributed by atoms with E-state index in [0.717, 1.165) is 5.01 Å². The van der Waals surface area contributed by atoms with Gasteiger partial charge in [0.2, 0.25) is 5.78 Å². The molecule has 1 unspecified atom stereocenters. The number of hydrogen-bond acceptors (Lipinski definition) is 7. The minimum Gasteiger partial charge on any atom is -0.503 e. The van der Waals surface area contributed by atoms with Gasteiger partial charge in [0.25, 0.3) is 5.91 Å². The normalized spacial score (nSPS) is 15.9. The van der Waals surface area contributed by atoms with Crippen LogP contribution in [-0.2, 0) is 9.53 Å². The van der Waals surface area contributed by atoms with Crippen LogP contribution in [0.2, 0.25) is 0 Å². The van der Waals surface area contributed by atoms with E-state index in [1.807, 2.05) is 6.07 Å². The van der Waals surface area contributed by atoms with Gasteiger partial charge in [0.05, 0.1) is 39.9 Å². The van der Waals surface area contributed by atoms with Crippen LogP contribution in [0, 0.1) is 13.8 Å². The quantitative estimate of drug-likeness (QED) is 0.461. The number of ketones is 1. The first-order chi connectivity index (χ1) is 15.3. The highest BCUT2D eigenvalue weighted by Gasteiger charge is 2.45. The Morgan fingerprint density at radius 1 is 1.06 bits per heavy atom. The molecule has 1 N–H and O–H groups in total. The lowest BCUT2D eigenvalue weighted by Crippen LogP contribution is -2.31. The third-order valence-corrected chi connectivity index (χ3v) is 6.32. The number of aliphatic hydroxyl groups is 1. The van der Waals surface area contributed by atoms with Crippen molar-refractivity contribution in [2.45, 2.75) is 19.9 Å². The number of aromatic nitrogens is 1. The number of aryl methyl sites for hydroxylation is 2. The summed E-state index contributed by atoms with van der Waals surface area (Å²) < 4.78 is 4.72. The van der Waals surface area contributed by atoms with Gasteiger partial charge >= 0.3 is 5.97 Å². The Morgan fingerprint density at radius 2 is 1.72 bits per heavy atom. The second-order valence-corrected chi connectivity index (χ2v) is 8.47. The Balaban J connectivity index is 1.83. The highest BCUT2D eigenvalue weighted by Crippen LogP contribution is 2.42. The van der Waals surface area contributed by atoms with Crippen LogP contribution in [0.15, 0.2) is 65.9 Å². The van der Waals surface area contributed by atoms with E-state index in [0.29, 0.717) is 27.4 Å². The number of methoxy groups -OCH3 is 1. The zero-order valence-corrected chi connectivity index (χ0v) is 18.5. The molecular weight excluding hydrogens is 428 g/mol. The van der Waals surface area contributed by atoms with Gasteiger partial charge in [-0.3, -0.25) is 14.5 Å². The monoisotopic (exact) mass is 448 g/mol. The molecule has 2 heterocycles. The number of amides is 1. The molecule has 0 spiro atoms. The summed E-state index contributed by atoms with van der Waals surface area (Å²) in [5, 5.41) is 11.5. The Morgan fingerprint density at radius 3 is 2.28 bits per heavy atom. The number of benzene rings is 2. The summed E-state index contributed by atoms with van der Waals surface area (Å²) in [5.74, 6) is -2.21. The number of carbonyl (C=O) groups excluding carboxylic acids is 3. The Labute approximate surface area is 188 Å². The molecule has 3 aromatic rings. The molecule has 162 valence electrons. The number of ether oxygens (including phenoxy) is 1. The highest BCUT2D eigenvalue weighted by atomic mass is 32.1. The summed E-state index contributed by atoms with van der Waals surface area (Å²) >= 11 is 1.23. The fourth-order valence-electron chi connectivity index (χ4n) is 3.79. The van der Waals surface area contributed by atoms with Crippen LogP contribution in [-0.4, -0.2) is 34.9 Å². The minimum atomic E-state index is -0.831. The van der Waals surface area contributed by atoms with Crippen molar-refractivity contribution in [3.8, 4) is 0 Å². The van der Waals surface area contributed by atoms with Gasteiger partial charge < -0.3 is 9.84 Å². The highest BCUT2D eigenvalue weighted by molar-refractivity contribution is 7.14. The van der Waals surface area contributed by atoms with Gasteiger partial charge in [0, 0.05) is 5.69 Å². The van der Waals surface area contributed by atoms with E-state index in [1.165, 1.54) is 35.5 Å². The largest absolute Gasteiger partial charge is 0.503 e. The Kier molecular flexibility index (Phi) is 5.63. The van der Waals surface area contributed by atoms with Crippen molar-refractivity contribution in [1.29, 1.82) is 0 Å². The minimum absolute atomic E-state index is 0.00462. The predicted molar refractivity (Wildman–Crippen MR) is 120 cm³/mol. The fourth-order valence-corrected chi connectivity index (χ4v) is 4.67. The topological polar surface area (TPSA) is 96.8 Å². The number of Topliss-reactive ketones (excluding diaryl/α,β-unsaturated/α-hetero) is 1. The molecule has 0 bridgehead atoms. The van der Waals surface area contributed by atoms with Gasteiger partial charge in [0.1, 0.15) is 0 Å². The van der Waals surface area contributed by atoms with Crippen molar-refractivity contribution in [3.63, 3.8) is 0 Å². The van der Waals surface area contributed by atoms with E-state index in [4.69, 9.17) is 4.74 Å². The number of nitrogens with zero attached hydrogens (tertiary/aromatic N) is 2. The number of esters is 1. The number of aliphatic hydroxyl groups excluding tert-OH is 1. The van der Waals surface area contributed by atoms with Gasteiger partial charge in [-0.05, 0) is 43.7 Å². The number of rotatable bonds is 5. The van der Waals surface area contributed by atoms with E-state index in [9.17, 15) is 19.5 Å². The van der Waals surface area contributed by atoms with E-state index < -0.39 is 29.5 Å². The van der Waals surface area contributed by atoms with Crippen molar-refractivity contribution in [2.24, 2.45) is 0 Å². The van der Waals surface area contributed by atoms with Crippen LogP contribution in [0.25, 0.3) is 0 Å². The smallest absolute Gasteiger partial charge is 0.337 e. The van der Waals surface area contributed by atoms with Crippen molar-refractivity contribution in [1.82, 2.24) is 4.98 Å². The van der Waals surface area contributed by atoms with Gasteiger partial charge in [-0.15, -0.1) is 11.3 Å². The molecule has 1 atom stereocenters. The first kappa shape index (κ1) is 21.5. The predicted octanol–water partition coefficient (Wildman–Crippen LogP) is 4.33. The summed E-state index contributed by atoms with van der Waals surface area (Å²) in [6.07, 6.45) is 0. The van der Waals surface area contributed by atoms with E-state index in [-0.39, 0.29) is 5.57 Å². The molecule has 0 radical (unpaired) electrons. The molecule has 2 aromatic carbocycles. The van der Waals surface area contributed by atoms with Gasteiger partial charge in [-0.25, -0.2) is 9.78 Å². The number of hydrogen-bond donors (Lipinski definition) is 1. The van der Waals surface area contributed by atoms with E-state index in [2.05, 4.69) is 4.98 Å². The standard InChI is InChI=1S/C24H20N2O5S/c1-13-22(32-14(2)25-13)20(27)18-19(15-7-5-4-6-8-15)26(23(29)21(18)28)17-11-9-16(10-12-17)24(30)31-3/h4-12,19,28H,1-3H3. The SMILES string of the molecule is COC(=O)c1ccc(N2C(=O)C(O)=C(C(=O)c3sc(C)nc3C)C2c2ccccc2)cc1. The number of anilines is 1. The van der Waals surface area contributed by atoms with Gasteiger partial charge in [0.15, 0.2) is 5.76 Å². The van der Waals surface area contributed by atoms with E-state index >= 15 is 0 Å². The Hall–Kier alpha value is -3.78. The molecule has 0 saturated carbocycles. The van der Waals surface area contributed by atoms with E-state index in [1.54, 1.807) is 50.2 Å². The van der Waals surface area contributed by atoms with Crippen LogP contribution in [0.1, 0.15) is 42.3 Å². The fraction of sp³-hybridized carbons (Fsp3) is 0.167. The van der Waals surface area contributed by atoms with Crippen LogP contribution in [0.5, 0.6) is 0 Å². The van der Waals surface area contributed by atoms with Crippen LogP contribution >= 0.6 is 11.3 Å². The summed E-state index contributed by atoms with van der Waals surface area (Å²) in [5.41, 5.74) is 1.98. The lowest BCUT2D eigenvalue weighted by atomic mass is 9.95. The Bertz CT molecular complexity index is 1250. The molecule has 1 aliphatic heterocycles. The molecule has 7 nitrogen and oxygen atoms in total. The van der Waals surface area contributed by atoms with Crippen molar-refractivity contribution < 1.29 is 24.2 Å². The molecular formula is C24H20N2O5S. The first-order valence-corrected chi connectivity index (χ1v) is 10.6. The summed E-state index contributed by atoms with van der Waals surface area (Å²) in [6, 6.07) is 14.4. The lowest BCUT2D eigenvalue weighted by molar-refractivity contribution is -0.117. The maximum Gasteiger partial charge on any atom is 0.337 e. The average Bonchev–Trinajstić information content (AvgIpc) is 3.28. The summed E-state index contributed by atoms with van der Waals surface area (Å²) in [7, 11) is 1.29. The average molecular weight is 449 g/mol. The maximum absolute atomic E-state index is 13.5. The molecule has 8 heteroatoms. The third-order valence-electron chi connectivity index (χ3n) is 5.24. The van der Waals surface area contributed by atoms with Crippen molar-refractivity contribution in [3.05, 3.63) is 92.6 Å². The van der Waals surface area contributed by atoms with Crippen molar-refractivity contribution in [2.75, 3.05) is 12.0 Å². The van der Waals surface area contributed by atoms with Gasteiger partial charge in [-0.2, -0.15) is 0 Å². The number of thiazole rings is 1. The van der Waals surface area contributed by atoms with Crippen molar-refractivity contribution >= 4 is 34.7 Å². The zero-order chi connectivity index (χ0) is 23.0. The molecule has 32 heavy (non-hydrogen) atoms. The van der Waals surface area contributed by atoms with Gasteiger partial charge in [-0.1, -0.05) is 30.3 Å². The van der Waals surface area contributed by atoms with Crippen LogP contribution in [0.3, 0.4) is 0 Å². The molecule has 4 rings (SSSR count). The molecule has 1 aromatic heterocycles. The number of carbonyl (C=O) groups is 3. The van der Waals surface area contributed by atoms with Crippen LogP contribution in [0.4, 0.5) is 5.69 Å². The van der Waals surface area contributed by atoms with Crippen LogP contribution < -0.4 is 4.90 Å². The molecule has 0 saturated heterocycles. The molecule has 1 aliphatic rings. The lowest BCUT2D eigenvalue weighted by Gasteiger charge is -2.27. The first-order valence-electron chi connectivity index (χ1n) is 9.82. The summed E-state index contributed by atoms with van der Waals surface area (Å²) in [4.78, 5) is 44.5. The molecule has 1 amide bonds. The maximum atomic E-state index is 13.5. The second kappa shape index (κ2) is 8.39. The molecule has 0 aliphatic carbocycles. The molecule has 0 fully saturated rings.